The van der Waals surface area contributed by atoms with Crippen molar-refractivity contribution in [1.29, 1.82) is 0 Å². The summed E-state index contributed by atoms with van der Waals surface area (Å²) in [5.74, 6) is 0.180. The molecule has 2 amide bonds. The lowest BCUT2D eigenvalue weighted by atomic mass is 10.1. The fraction of sp³-hybridized carbons (Fsp3) is 0.138. The van der Waals surface area contributed by atoms with Crippen molar-refractivity contribution in [1.82, 2.24) is 5.43 Å². The Morgan fingerprint density at radius 3 is 2.49 bits per heavy atom. The molecule has 37 heavy (non-hydrogen) atoms. The maximum atomic E-state index is 12.1. The van der Waals surface area contributed by atoms with Crippen molar-refractivity contribution in [2.45, 2.75) is 20.0 Å². The van der Waals surface area contributed by atoms with Crippen LogP contribution in [-0.4, -0.2) is 24.6 Å². The molecule has 2 N–H and O–H groups in total. The molecule has 0 unspecified atom stereocenters. The maximum absolute atomic E-state index is 12.1. The highest BCUT2D eigenvalue weighted by molar-refractivity contribution is 6.30. The van der Waals surface area contributed by atoms with Crippen LogP contribution >= 0.6 is 11.6 Å². The quantitative estimate of drug-likeness (QED) is 0.155. The first-order valence-corrected chi connectivity index (χ1v) is 12.1. The molecule has 0 radical (unpaired) electrons. The van der Waals surface area contributed by atoms with Gasteiger partial charge in [-0.1, -0.05) is 54.1 Å². The lowest BCUT2D eigenvalue weighted by Gasteiger charge is -2.13. The van der Waals surface area contributed by atoms with Crippen LogP contribution in [0.4, 0.5) is 5.69 Å². The molecule has 4 rings (SSSR count). The van der Waals surface area contributed by atoms with Gasteiger partial charge in [0.05, 0.1) is 12.8 Å². The molecule has 0 aliphatic rings. The zero-order chi connectivity index (χ0) is 26.0. The van der Waals surface area contributed by atoms with Crippen LogP contribution in [0, 0.1) is 0 Å². The number of ether oxygens (including phenoxy) is 2. The number of rotatable bonds is 10. The summed E-state index contributed by atoms with van der Waals surface area (Å²) in [6.07, 6.45) is 1.11. The number of hydrogen-bond donors (Lipinski definition) is 2. The first kappa shape index (κ1) is 25.7. The molecule has 4 aromatic carbocycles. The van der Waals surface area contributed by atoms with Gasteiger partial charge in [-0.15, -0.1) is 0 Å². The highest BCUT2D eigenvalue weighted by atomic mass is 35.5. The minimum Gasteiger partial charge on any atom is -0.490 e. The van der Waals surface area contributed by atoms with E-state index in [0.29, 0.717) is 41.0 Å². The van der Waals surface area contributed by atoms with Crippen molar-refractivity contribution >= 4 is 46.1 Å². The minimum atomic E-state index is -0.539. The van der Waals surface area contributed by atoms with Gasteiger partial charge >= 0.3 is 0 Å². The molecule has 0 saturated carbocycles. The number of hydrazone groups is 1. The minimum absolute atomic E-state index is 0.370. The first-order chi connectivity index (χ1) is 18.0. The molecule has 8 heteroatoms. The van der Waals surface area contributed by atoms with E-state index in [-0.39, 0.29) is 6.42 Å². The monoisotopic (exact) mass is 515 g/mol. The summed E-state index contributed by atoms with van der Waals surface area (Å²) in [4.78, 5) is 24.1. The predicted molar refractivity (Wildman–Crippen MR) is 146 cm³/mol. The second-order valence-electron chi connectivity index (χ2n) is 8.09. The molecular formula is C29H26ClN3O4. The highest BCUT2D eigenvalue weighted by Crippen LogP contribution is 2.30. The molecule has 0 aromatic heterocycles. The Kier molecular flexibility index (Phi) is 8.73. The summed E-state index contributed by atoms with van der Waals surface area (Å²) >= 11 is 5.83. The topological polar surface area (TPSA) is 89.0 Å². The summed E-state index contributed by atoms with van der Waals surface area (Å²) in [5, 5.41) is 9.44. The molecule has 0 spiro atoms. The van der Waals surface area contributed by atoms with Crippen molar-refractivity contribution in [2.24, 2.45) is 5.10 Å². The Balaban J connectivity index is 1.34. The van der Waals surface area contributed by atoms with E-state index in [2.05, 4.69) is 34.0 Å². The molecule has 0 atom stereocenters. The number of carbonyl (C=O) groups excluding carboxylic acids is 2. The van der Waals surface area contributed by atoms with Gasteiger partial charge in [-0.05, 0) is 71.3 Å². The van der Waals surface area contributed by atoms with Crippen LogP contribution in [0.2, 0.25) is 5.02 Å². The smallest absolute Gasteiger partial charge is 0.249 e. The fourth-order valence-corrected chi connectivity index (χ4v) is 3.79. The molecule has 0 bridgehead atoms. The van der Waals surface area contributed by atoms with Crippen molar-refractivity contribution in [3.8, 4) is 11.5 Å². The van der Waals surface area contributed by atoms with Crippen LogP contribution in [-0.2, 0) is 16.2 Å². The maximum Gasteiger partial charge on any atom is 0.249 e. The average Bonchev–Trinajstić information content (AvgIpc) is 2.89. The third kappa shape index (κ3) is 7.32. The molecule has 7 nitrogen and oxygen atoms in total. The van der Waals surface area contributed by atoms with Crippen molar-refractivity contribution in [3.05, 3.63) is 101 Å². The molecule has 4 aromatic rings. The lowest BCUT2D eigenvalue weighted by Crippen LogP contribution is -2.24. The van der Waals surface area contributed by atoms with Gasteiger partial charge in [-0.3, -0.25) is 9.59 Å². The summed E-state index contributed by atoms with van der Waals surface area (Å²) in [5.41, 5.74) is 4.69. The number of nitrogens with one attached hydrogen (secondary N) is 2. The number of fused-ring (bicyclic) bond motifs is 1. The fourth-order valence-electron chi connectivity index (χ4n) is 3.67. The Labute approximate surface area is 220 Å². The molecule has 0 aliphatic carbocycles. The number of benzene rings is 4. The van der Waals surface area contributed by atoms with E-state index in [0.717, 1.165) is 16.3 Å². The number of hydrogen-bond acceptors (Lipinski definition) is 5. The SMILES string of the molecule is CCOc1cc(C=NNC(=O)CC(=O)Nc2ccc(Cl)cc2)ccc1OCc1cccc2ccccc12. The van der Waals surface area contributed by atoms with Crippen molar-refractivity contribution in [2.75, 3.05) is 11.9 Å². The standard InChI is InChI=1S/C29H26ClN3O4/c1-2-36-27-16-20(18-31-33-29(35)17-28(34)32-24-13-11-23(30)12-14-24)10-15-26(27)37-19-22-8-5-7-21-6-3-4-9-25(21)22/h3-16,18H,2,17,19H2,1H3,(H,32,34)(H,33,35). The second kappa shape index (κ2) is 12.6. The Morgan fingerprint density at radius 2 is 1.68 bits per heavy atom. The lowest BCUT2D eigenvalue weighted by molar-refractivity contribution is -0.126. The zero-order valence-corrected chi connectivity index (χ0v) is 21.0. The second-order valence-corrected chi connectivity index (χ2v) is 8.53. The molecule has 0 aliphatic heterocycles. The summed E-state index contributed by atoms with van der Waals surface area (Å²) in [6, 6.07) is 26.3. The van der Waals surface area contributed by atoms with Gasteiger partial charge in [-0.2, -0.15) is 5.10 Å². The predicted octanol–water partition coefficient (Wildman–Crippen LogP) is 5.95. The Hall–Kier alpha value is -4.36. The molecule has 0 fully saturated rings. The van der Waals surface area contributed by atoms with E-state index in [4.69, 9.17) is 21.1 Å². The number of carbonyl (C=O) groups is 2. The van der Waals surface area contributed by atoms with Gasteiger partial charge in [0.15, 0.2) is 11.5 Å². The zero-order valence-electron chi connectivity index (χ0n) is 20.2. The van der Waals surface area contributed by atoms with Gasteiger partial charge in [0.1, 0.15) is 13.0 Å². The number of amides is 2. The van der Waals surface area contributed by atoms with Crippen LogP contribution in [0.25, 0.3) is 10.8 Å². The summed E-state index contributed by atoms with van der Waals surface area (Å²) < 4.78 is 11.9. The summed E-state index contributed by atoms with van der Waals surface area (Å²) in [6.45, 7) is 2.75. The Bertz CT molecular complexity index is 1420. The van der Waals surface area contributed by atoms with Gasteiger partial charge in [0.2, 0.25) is 11.8 Å². The van der Waals surface area contributed by atoms with Gasteiger partial charge in [0, 0.05) is 10.7 Å². The normalized spacial score (nSPS) is 10.9. The van der Waals surface area contributed by atoms with Crippen LogP contribution in [0.3, 0.4) is 0 Å². The summed E-state index contributed by atoms with van der Waals surface area (Å²) in [7, 11) is 0. The van der Waals surface area contributed by atoms with E-state index in [9.17, 15) is 9.59 Å². The Morgan fingerprint density at radius 1 is 0.892 bits per heavy atom. The first-order valence-electron chi connectivity index (χ1n) is 11.8. The third-order valence-electron chi connectivity index (χ3n) is 5.38. The molecule has 188 valence electrons. The third-order valence-corrected chi connectivity index (χ3v) is 5.63. The van der Waals surface area contributed by atoms with Crippen LogP contribution in [0.5, 0.6) is 11.5 Å². The number of anilines is 1. The molecular weight excluding hydrogens is 490 g/mol. The van der Waals surface area contributed by atoms with Crippen LogP contribution in [0.15, 0.2) is 90.0 Å². The molecule has 0 heterocycles. The van der Waals surface area contributed by atoms with Crippen LogP contribution in [0.1, 0.15) is 24.5 Å². The number of nitrogens with zero attached hydrogens (tertiary/aromatic N) is 1. The van der Waals surface area contributed by atoms with E-state index >= 15 is 0 Å². The highest BCUT2D eigenvalue weighted by Gasteiger charge is 2.10. The van der Waals surface area contributed by atoms with Crippen molar-refractivity contribution < 1.29 is 19.1 Å². The van der Waals surface area contributed by atoms with E-state index in [1.807, 2.05) is 37.3 Å². The largest absolute Gasteiger partial charge is 0.490 e. The van der Waals surface area contributed by atoms with E-state index < -0.39 is 11.8 Å². The average molecular weight is 516 g/mol. The van der Waals surface area contributed by atoms with Gasteiger partial charge in [-0.25, -0.2) is 5.43 Å². The van der Waals surface area contributed by atoms with Gasteiger partial charge in [0.25, 0.3) is 0 Å². The van der Waals surface area contributed by atoms with Crippen molar-refractivity contribution in [3.63, 3.8) is 0 Å². The molecule has 0 saturated heterocycles. The van der Waals surface area contributed by atoms with E-state index in [1.165, 1.54) is 6.21 Å². The van der Waals surface area contributed by atoms with Gasteiger partial charge < -0.3 is 14.8 Å². The van der Waals surface area contributed by atoms with E-state index in [1.54, 1.807) is 36.4 Å². The number of halogens is 1. The van der Waals surface area contributed by atoms with Crippen LogP contribution < -0.4 is 20.2 Å².